The molecule has 0 atom stereocenters. The average Bonchev–Trinajstić information content (AvgIpc) is 3.11. The summed E-state index contributed by atoms with van der Waals surface area (Å²) in [5.41, 5.74) is 2.44. The molecular formula is C20H20N2O2. The van der Waals surface area contributed by atoms with Crippen molar-refractivity contribution >= 4 is 22.5 Å². The number of H-pyrrole nitrogens is 1. The Kier molecular flexibility index (Phi) is 3.82. The van der Waals surface area contributed by atoms with E-state index in [0.717, 1.165) is 22.2 Å². The van der Waals surface area contributed by atoms with Gasteiger partial charge in [-0.1, -0.05) is 30.3 Å². The monoisotopic (exact) mass is 320 g/mol. The molecule has 2 N–H and O–H groups in total. The molecule has 2 aromatic carbocycles. The van der Waals surface area contributed by atoms with E-state index in [9.17, 15) is 4.79 Å². The van der Waals surface area contributed by atoms with Crippen LogP contribution in [-0.4, -0.2) is 24.1 Å². The number of fused-ring (bicyclic) bond motifs is 1. The van der Waals surface area contributed by atoms with Crippen molar-refractivity contribution in [3.8, 4) is 0 Å². The number of hydrogen-bond donors (Lipinski definition) is 2. The lowest BCUT2D eigenvalue weighted by atomic mass is 9.73. The molecule has 1 fully saturated rings. The zero-order valence-electron chi connectivity index (χ0n) is 13.4. The number of amides is 1. The summed E-state index contributed by atoms with van der Waals surface area (Å²) in [4.78, 5) is 16.4. The molecule has 1 aromatic heterocycles. The van der Waals surface area contributed by atoms with Gasteiger partial charge in [0.2, 0.25) is 5.91 Å². The second-order valence-corrected chi connectivity index (χ2v) is 6.29. The first-order valence-corrected chi connectivity index (χ1v) is 8.30. The molecule has 0 bridgehead atoms. The minimum Gasteiger partial charge on any atom is -0.381 e. The minimum absolute atomic E-state index is 0.0480. The van der Waals surface area contributed by atoms with Crippen molar-refractivity contribution in [2.75, 3.05) is 18.5 Å². The molecule has 3 aromatic rings. The zero-order chi connectivity index (χ0) is 16.4. The molecule has 0 spiro atoms. The summed E-state index contributed by atoms with van der Waals surface area (Å²) in [6.45, 7) is 1.22. The first kappa shape index (κ1) is 15.0. The highest BCUT2D eigenvalue weighted by atomic mass is 16.5. The maximum Gasteiger partial charge on any atom is 0.235 e. The number of anilines is 1. The van der Waals surface area contributed by atoms with E-state index < -0.39 is 5.41 Å². The summed E-state index contributed by atoms with van der Waals surface area (Å²) in [5, 5.41) is 4.22. The van der Waals surface area contributed by atoms with Crippen LogP contribution in [-0.2, 0) is 14.9 Å². The second kappa shape index (κ2) is 6.13. The smallest absolute Gasteiger partial charge is 0.235 e. The molecule has 1 aliphatic heterocycles. The first-order chi connectivity index (χ1) is 11.8. The van der Waals surface area contributed by atoms with Gasteiger partial charge in [0, 0.05) is 36.0 Å². The van der Waals surface area contributed by atoms with E-state index in [4.69, 9.17) is 4.74 Å². The van der Waals surface area contributed by atoms with Crippen LogP contribution in [0.1, 0.15) is 18.4 Å². The second-order valence-electron chi connectivity index (χ2n) is 6.29. The summed E-state index contributed by atoms with van der Waals surface area (Å²) in [6.07, 6.45) is 3.31. The van der Waals surface area contributed by atoms with Gasteiger partial charge in [-0.05, 0) is 42.7 Å². The van der Waals surface area contributed by atoms with Gasteiger partial charge >= 0.3 is 0 Å². The lowest BCUT2D eigenvalue weighted by Gasteiger charge is -2.36. The Balaban J connectivity index is 1.66. The summed E-state index contributed by atoms with van der Waals surface area (Å²) < 4.78 is 5.51. The van der Waals surface area contributed by atoms with Gasteiger partial charge in [-0.15, -0.1) is 0 Å². The van der Waals surface area contributed by atoms with Crippen molar-refractivity contribution in [3.05, 3.63) is 66.4 Å². The van der Waals surface area contributed by atoms with Crippen LogP contribution in [0.5, 0.6) is 0 Å². The average molecular weight is 320 g/mol. The van der Waals surface area contributed by atoms with Crippen LogP contribution < -0.4 is 5.32 Å². The van der Waals surface area contributed by atoms with Crippen LogP contribution in [0, 0.1) is 0 Å². The highest BCUT2D eigenvalue weighted by Gasteiger charge is 2.41. The lowest BCUT2D eigenvalue weighted by Crippen LogP contribution is -2.44. The number of aromatic nitrogens is 1. The van der Waals surface area contributed by atoms with Crippen LogP contribution in [0.25, 0.3) is 10.9 Å². The Morgan fingerprint density at radius 3 is 2.62 bits per heavy atom. The van der Waals surface area contributed by atoms with Crippen molar-refractivity contribution in [1.82, 2.24) is 4.98 Å². The van der Waals surface area contributed by atoms with E-state index in [1.54, 1.807) is 0 Å². The molecule has 0 radical (unpaired) electrons. The van der Waals surface area contributed by atoms with Gasteiger partial charge < -0.3 is 15.0 Å². The molecule has 1 aliphatic rings. The molecule has 0 saturated carbocycles. The number of aromatic amines is 1. The standard InChI is InChI=1S/C20H20N2O2/c23-19(22-17-6-7-18-15(14-17)8-11-21-18)20(9-12-24-13-10-20)16-4-2-1-3-5-16/h1-8,11,14,21H,9-10,12-13H2,(H,22,23). The number of ether oxygens (including phenoxy) is 1. The third kappa shape index (κ3) is 2.59. The normalized spacial score (nSPS) is 16.8. The first-order valence-electron chi connectivity index (χ1n) is 8.30. The Morgan fingerprint density at radius 1 is 1.04 bits per heavy atom. The van der Waals surface area contributed by atoms with E-state index in [2.05, 4.69) is 10.3 Å². The fourth-order valence-corrected chi connectivity index (χ4v) is 3.51. The predicted octanol–water partition coefficient (Wildman–Crippen LogP) is 3.85. The topological polar surface area (TPSA) is 54.1 Å². The molecule has 0 unspecified atom stereocenters. The summed E-state index contributed by atoms with van der Waals surface area (Å²) in [6, 6.07) is 18.0. The van der Waals surface area contributed by atoms with Crippen molar-refractivity contribution < 1.29 is 9.53 Å². The number of nitrogens with one attached hydrogen (secondary N) is 2. The molecule has 4 heteroatoms. The van der Waals surface area contributed by atoms with Crippen molar-refractivity contribution in [3.63, 3.8) is 0 Å². The van der Waals surface area contributed by atoms with Gasteiger partial charge in [-0.2, -0.15) is 0 Å². The highest BCUT2D eigenvalue weighted by molar-refractivity contribution is 6.00. The largest absolute Gasteiger partial charge is 0.381 e. The number of carbonyl (C=O) groups excluding carboxylic acids is 1. The van der Waals surface area contributed by atoms with Crippen LogP contribution >= 0.6 is 0 Å². The van der Waals surface area contributed by atoms with Gasteiger partial charge in [-0.25, -0.2) is 0 Å². The minimum atomic E-state index is -0.521. The van der Waals surface area contributed by atoms with Crippen molar-refractivity contribution in [2.24, 2.45) is 0 Å². The number of carbonyl (C=O) groups is 1. The van der Waals surface area contributed by atoms with Gasteiger partial charge in [0.05, 0.1) is 5.41 Å². The van der Waals surface area contributed by atoms with Crippen LogP contribution in [0.2, 0.25) is 0 Å². The molecule has 1 saturated heterocycles. The number of hydrogen-bond acceptors (Lipinski definition) is 2. The SMILES string of the molecule is O=C(Nc1ccc2[nH]ccc2c1)C1(c2ccccc2)CCOCC1. The zero-order valence-corrected chi connectivity index (χ0v) is 13.4. The third-order valence-electron chi connectivity index (χ3n) is 4.92. The third-order valence-corrected chi connectivity index (χ3v) is 4.92. The number of rotatable bonds is 3. The lowest BCUT2D eigenvalue weighted by molar-refractivity contribution is -0.125. The van der Waals surface area contributed by atoms with Crippen molar-refractivity contribution in [1.29, 1.82) is 0 Å². The van der Waals surface area contributed by atoms with Crippen LogP contribution in [0.4, 0.5) is 5.69 Å². The maximum atomic E-state index is 13.2. The van der Waals surface area contributed by atoms with E-state index in [-0.39, 0.29) is 5.91 Å². The van der Waals surface area contributed by atoms with Gasteiger partial charge in [0.15, 0.2) is 0 Å². The molecule has 1 amide bonds. The molecule has 4 nitrogen and oxygen atoms in total. The molecule has 2 heterocycles. The Hall–Kier alpha value is -2.59. The number of benzene rings is 2. The van der Waals surface area contributed by atoms with E-state index in [0.29, 0.717) is 26.1 Å². The van der Waals surface area contributed by atoms with Gasteiger partial charge in [0.25, 0.3) is 0 Å². The summed E-state index contributed by atoms with van der Waals surface area (Å²) in [7, 11) is 0. The molecule has 24 heavy (non-hydrogen) atoms. The highest BCUT2D eigenvalue weighted by Crippen LogP contribution is 2.36. The molecule has 122 valence electrons. The van der Waals surface area contributed by atoms with Gasteiger partial charge in [-0.3, -0.25) is 4.79 Å². The van der Waals surface area contributed by atoms with Gasteiger partial charge in [0.1, 0.15) is 0 Å². The Labute approximate surface area is 140 Å². The van der Waals surface area contributed by atoms with Crippen LogP contribution in [0.3, 0.4) is 0 Å². The molecule has 0 aliphatic carbocycles. The maximum absolute atomic E-state index is 13.2. The Bertz CT molecular complexity index is 848. The van der Waals surface area contributed by atoms with Crippen molar-refractivity contribution in [2.45, 2.75) is 18.3 Å². The predicted molar refractivity (Wildman–Crippen MR) is 95.1 cm³/mol. The molecule has 4 rings (SSSR count). The molecular weight excluding hydrogens is 300 g/mol. The van der Waals surface area contributed by atoms with E-state index in [1.807, 2.05) is 60.8 Å². The fraction of sp³-hybridized carbons (Fsp3) is 0.250. The Morgan fingerprint density at radius 2 is 1.83 bits per heavy atom. The summed E-state index contributed by atoms with van der Waals surface area (Å²) in [5.74, 6) is 0.0480. The van der Waals surface area contributed by atoms with E-state index >= 15 is 0 Å². The van der Waals surface area contributed by atoms with Crippen LogP contribution in [0.15, 0.2) is 60.8 Å². The van der Waals surface area contributed by atoms with E-state index in [1.165, 1.54) is 0 Å². The summed E-state index contributed by atoms with van der Waals surface area (Å²) >= 11 is 0. The fourth-order valence-electron chi connectivity index (χ4n) is 3.51. The quantitative estimate of drug-likeness (QED) is 0.770.